The van der Waals surface area contributed by atoms with Gasteiger partial charge >= 0.3 is 0 Å². The van der Waals surface area contributed by atoms with E-state index >= 15 is 0 Å². The van der Waals surface area contributed by atoms with Crippen LogP contribution in [0.2, 0.25) is 0 Å². The van der Waals surface area contributed by atoms with E-state index in [4.69, 9.17) is 9.47 Å². The van der Waals surface area contributed by atoms with E-state index in [9.17, 15) is 14.9 Å². The fourth-order valence-electron chi connectivity index (χ4n) is 1.24. The molecule has 0 radical (unpaired) electrons. The molecule has 0 unspecified atom stereocenters. The Balaban J connectivity index is 2.31. The van der Waals surface area contributed by atoms with Crippen molar-refractivity contribution in [2.45, 2.75) is 18.3 Å². The lowest BCUT2D eigenvalue weighted by molar-refractivity contribution is -0.769. The van der Waals surface area contributed by atoms with Gasteiger partial charge in [-0.1, -0.05) is 11.8 Å². The topological polar surface area (TPSA) is 87.9 Å². The van der Waals surface area contributed by atoms with Crippen LogP contribution in [0.15, 0.2) is 0 Å². The summed E-state index contributed by atoms with van der Waals surface area (Å²) < 4.78 is 10.4. The van der Waals surface area contributed by atoms with Gasteiger partial charge in [0.05, 0.1) is 31.7 Å². The number of thioether (sulfide) groups is 1. The van der Waals surface area contributed by atoms with Gasteiger partial charge in [0.15, 0.2) is 11.2 Å². The van der Waals surface area contributed by atoms with E-state index in [-0.39, 0.29) is 23.6 Å². The summed E-state index contributed by atoms with van der Waals surface area (Å²) in [6.07, 6.45) is -0.696. The maximum atomic E-state index is 10.9. The summed E-state index contributed by atoms with van der Waals surface area (Å²) in [5, 5.41) is 9.17. The van der Waals surface area contributed by atoms with E-state index in [2.05, 4.69) is 4.84 Å². The molecule has 7 nitrogen and oxygen atoms in total. The molecule has 1 fully saturated rings. The summed E-state index contributed by atoms with van der Waals surface area (Å²) in [5.41, 5.74) is 0. The molecule has 1 aliphatic rings. The first kappa shape index (κ1) is 13.2. The highest BCUT2D eigenvalue weighted by Gasteiger charge is 2.21. The third kappa shape index (κ3) is 5.29. The third-order valence-corrected chi connectivity index (χ3v) is 2.72. The van der Waals surface area contributed by atoms with E-state index in [1.807, 2.05) is 0 Å². The normalized spacial score (nSPS) is 26.6. The monoisotopic (exact) mass is 251 g/mol. The first-order valence-electron chi connectivity index (χ1n) is 4.72. The van der Waals surface area contributed by atoms with E-state index in [0.717, 1.165) is 11.8 Å². The van der Waals surface area contributed by atoms with Crippen molar-refractivity contribution in [2.24, 2.45) is 0 Å². The molecule has 0 aromatic rings. The molecule has 16 heavy (non-hydrogen) atoms. The van der Waals surface area contributed by atoms with Crippen molar-refractivity contribution in [3.8, 4) is 0 Å². The molecule has 1 aliphatic heterocycles. The van der Waals surface area contributed by atoms with Gasteiger partial charge in [0.25, 0.3) is 5.09 Å². The summed E-state index contributed by atoms with van der Waals surface area (Å²) in [4.78, 5) is 25.3. The standard InChI is InChI=1S/C8H13NO6S/c1-6(10)16-8-4-13-2-7(3-14-5-8)15-9(11)12/h7-8H,2-5H2,1H3. The van der Waals surface area contributed by atoms with Crippen molar-refractivity contribution in [1.29, 1.82) is 0 Å². The van der Waals surface area contributed by atoms with Gasteiger partial charge in [0, 0.05) is 6.92 Å². The smallest absolute Gasteiger partial charge is 0.294 e. The zero-order valence-electron chi connectivity index (χ0n) is 8.79. The SMILES string of the molecule is CC(=O)SC1COCC(O[N+](=O)[O-])COC1. The second-order valence-corrected chi connectivity index (χ2v) is 4.73. The Morgan fingerprint density at radius 1 is 1.38 bits per heavy atom. The molecule has 1 saturated heterocycles. The maximum Gasteiger partial charge on any atom is 0.294 e. The second kappa shape index (κ2) is 6.66. The molecule has 0 atom stereocenters. The Labute approximate surface area is 96.5 Å². The lowest BCUT2D eigenvalue weighted by atomic mass is 10.4. The maximum absolute atomic E-state index is 10.9. The zero-order chi connectivity index (χ0) is 12.0. The Morgan fingerprint density at radius 2 is 1.94 bits per heavy atom. The van der Waals surface area contributed by atoms with Gasteiger partial charge in [-0.2, -0.15) is 0 Å². The molecule has 0 aromatic heterocycles. The van der Waals surface area contributed by atoms with Crippen LogP contribution in [0.25, 0.3) is 0 Å². The average Bonchev–Trinajstić information content (AvgIpc) is 2.11. The fraction of sp³-hybridized carbons (Fsp3) is 0.875. The number of ether oxygens (including phenoxy) is 2. The van der Waals surface area contributed by atoms with Crippen molar-refractivity contribution < 1.29 is 24.2 Å². The van der Waals surface area contributed by atoms with Crippen LogP contribution in [0.1, 0.15) is 6.92 Å². The highest BCUT2D eigenvalue weighted by atomic mass is 32.2. The Hall–Kier alpha value is -0.860. The van der Waals surface area contributed by atoms with Gasteiger partial charge in [-0.05, 0) is 0 Å². The molecule has 8 heteroatoms. The summed E-state index contributed by atoms with van der Waals surface area (Å²) in [6, 6.07) is 0. The molecule has 0 amide bonds. The van der Waals surface area contributed by atoms with Gasteiger partial charge < -0.3 is 14.3 Å². The molecule has 92 valence electrons. The largest absolute Gasteiger partial charge is 0.378 e. The van der Waals surface area contributed by atoms with E-state index in [0.29, 0.717) is 13.2 Å². The lowest BCUT2D eigenvalue weighted by Gasteiger charge is -2.23. The molecule has 0 aliphatic carbocycles. The van der Waals surface area contributed by atoms with Crippen LogP contribution in [0.3, 0.4) is 0 Å². The lowest BCUT2D eigenvalue weighted by Crippen LogP contribution is -2.34. The molecular weight excluding hydrogens is 238 g/mol. The summed E-state index contributed by atoms with van der Waals surface area (Å²) in [5.74, 6) is 0. The van der Waals surface area contributed by atoms with Crippen molar-refractivity contribution in [2.75, 3.05) is 26.4 Å². The second-order valence-electron chi connectivity index (χ2n) is 3.26. The summed E-state index contributed by atoms with van der Waals surface area (Å²) in [6.45, 7) is 2.30. The Morgan fingerprint density at radius 3 is 2.38 bits per heavy atom. The van der Waals surface area contributed by atoms with Crippen LogP contribution in [-0.4, -0.2) is 48.0 Å². The fourth-order valence-corrected chi connectivity index (χ4v) is 2.04. The van der Waals surface area contributed by atoms with Crippen LogP contribution < -0.4 is 0 Å². The number of hydrogen-bond acceptors (Lipinski definition) is 7. The average molecular weight is 251 g/mol. The van der Waals surface area contributed by atoms with Crippen LogP contribution in [0.4, 0.5) is 0 Å². The highest BCUT2D eigenvalue weighted by molar-refractivity contribution is 8.14. The number of nitrogens with zero attached hydrogens (tertiary/aromatic N) is 1. The van der Waals surface area contributed by atoms with Crippen LogP contribution >= 0.6 is 11.8 Å². The Bertz CT molecular complexity index is 227. The minimum Gasteiger partial charge on any atom is -0.378 e. The third-order valence-electron chi connectivity index (χ3n) is 1.78. The predicted octanol–water partition coefficient (Wildman–Crippen LogP) is 0.258. The van der Waals surface area contributed by atoms with Crippen LogP contribution in [-0.2, 0) is 19.1 Å². The Kier molecular flexibility index (Phi) is 5.50. The van der Waals surface area contributed by atoms with Crippen molar-refractivity contribution in [1.82, 2.24) is 0 Å². The quantitative estimate of drug-likeness (QED) is 0.525. The first-order chi connectivity index (χ1) is 7.58. The molecule has 1 heterocycles. The van der Waals surface area contributed by atoms with Gasteiger partial charge in [-0.3, -0.25) is 4.79 Å². The van der Waals surface area contributed by atoms with Gasteiger partial charge in [-0.15, -0.1) is 10.1 Å². The molecule has 0 N–H and O–H groups in total. The van der Waals surface area contributed by atoms with Gasteiger partial charge in [0.2, 0.25) is 0 Å². The molecule has 0 saturated carbocycles. The zero-order valence-corrected chi connectivity index (χ0v) is 9.60. The van der Waals surface area contributed by atoms with E-state index < -0.39 is 11.2 Å². The minimum atomic E-state index is -0.860. The van der Waals surface area contributed by atoms with Crippen LogP contribution in [0.5, 0.6) is 0 Å². The van der Waals surface area contributed by atoms with Crippen molar-refractivity contribution in [3.05, 3.63) is 10.1 Å². The summed E-state index contributed by atoms with van der Waals surface area (Å²) >= 11 is 1.15. The van der Waals surface area contributed by atoms with Crippen molar-refractivity contribution >= 4 is 16.9 Å². The number of carbonyl (C=O) groups is 1. The highest BCUT2D eigenvalue weighted by Crippen LogP contribution is 2.15. The van der Waals surface area contributed by atoms with E-state index in [1.165, 1.54) is 6.92 Å². The molecule has 1 rings (SSSR count). The van der Waals surface area contributed by atoms with Gasteiger partial charge in [-0.25, -0.2) is 0 Å². The number of hydrogen-bond donors (Lipinski definition) is 0. The summed E-state index contributed by atoms with van der Waals surface area (Å²) in [7, 11) is 0. The van der Waals surface area contributed by atoms with E-state index in [1.54, 1.807) is 0 Å². The minimum absolute atomic E-state index is 0.00383. The molecule has 0 aromatic carbocycles. The first-order valence-corrected chi connectivity index (χ1v) is 5.59. The van der Waals surface area contributed by atoms with Crippen molar-refractivity contribution in [3.63, 3.8) is 0 Å². The number of carbonyl (C=O) groups excluding carboxylic acids is 1. The van der Waals surface area contributed by atoms with Gasteiger partial charge in [0.1, 0.15) is 0 Å². The molecule has 0 bridgehead atoms. The predicted molar refractivity (Wildman–Crippen MR) is 55.6 cm³/mol. The molecule has 0 spiro atoms. The number of rotatable bonds is 3. The van der Waals surface area contributed by atoms with Crippen LogP contribution in [0, 0.1) is 10.1 Å². The molecular formula is C8H13NO6S.